The van der Waals surface area contributed by atoms with E-state index in [-0.39, 0.29) is 0 Å². The minimum Gasteiger partial charge on any atom is -0.397 e. The molecule has 4 nitrogen and oxygen atoms in total. The lowest BCUT2D eigenvalue weighted by Crippen LogP contribution is -2.31. The zero-order valence-electron chi connectivity index (χ0n) is 12.0. The van der Waals surface area contributed by atoms with Gasteiger partial charge in [0.05, 0.1) is 26.6 Å². The Balaban J connectivity index is 1.80. The maximum absolute atomic E-state index is 6.17. The van der Waals surface area contributed by atoms with Gasteiger partial charge in [-0.3, -0.25) is 0 Å². The number of hydrogen-bond acceptors (Lipinski definition) is 5. The third-order valence-electron chi connectivity index (χ3n) is 4.02. The Kier molecular flexibility index (Phi) is 3.81. The third-order valence-corrected chi connectivity index (χ3v) is 4.96. The van der Waals surface area contributed by atoms with Crippen LogP contribution in [0.1, 0.15) is 24.8 Å². The Labute approximate surface area is 123 Å². The summed E-state index contributed by atoms with van der Waals surface area (Å²) < 4.78 is 6.58. The quantitative estimate of drug-likeness (QED) is 0.851. The average molecular weight is 291 g/mol. The van der Waals surface area contributed by atoms with Gasteiger partial charge in [0.2, 0.25) is 0 Å². The summed E-state index contributed by atoms with van der Waals surface area (Å²) in [6, 6.07) is 4.50. The zero-order chi connectivity index (χ0) is 14.1. The van der Waals surface area contributed by atoms with Crippen LogP contribution in [-0.2, 0) is 4.74 Å². The molecule has 1 aromatic heterocycles. The Morgan fingerprint density at radius 2 is 2.15 bits per heavy atom. The number of nitrogens with two attached hydrogens (primary N) is 1. The van der Waals surface area contributed by atoms with Crippen LogP contribution in [0.15, 0.2) is 12.1 Å². The van der Waals surface area contributed by atoms with Gasteiger partial charge < -0.3 is 15.8 Å². The first-order chi connectivity index (χ1) is 9.63. The fraction of sp³-hybridized carbons (Fsp3) is 0.533. The molecule has 1 aliphatic heterocycles. The number of anilines is 2. The summed E-state index contributed by atoms with van der Waals surface area (Å²) in [5.74, 6) is 0.649. The Bertz CT molecular complexity index is 604. The Morgan fingerprint density at radius 3 is 2.90 bits per heavy atom. The van der Waals surface area contributed by atoms with Crippen LogP contribution in [0.5, 0.6) is 0 Å². The summed E-state index contributed by atoms with van der Waals surface area (Å²) in [5.41, 5.74) is 9.00. The molecule has 0 radical (unpaired) electrons. The van der Waals surface area contributed by atoms with Crippen molar-refractivity contribution >= 4 is 32.9 Å². The number of benzene rings is 1. The SMILES string of the molecule is Cc1nc2cc(NC(C)C3CCOCC3)c(N)cc2s1. The van der Waals surface area contributed by atoms with Crippen LogP contribution < -0.4 is 11.1 Å². The second kappa shape index (κ2) is 5.58. The second-order valence-electron chi connectivity index (χ2n) is 5.52. The van der Waals surface area contributed by atoms with Gasteiger partial charge in [-0.15, -0.1) is 11.3 Å². The molecule has 1 atom stereocenters. The maximum Gasteiger partial charge on any atom is 0.0907 e. The number of rotatable bonds is 3. The summed E-state index contributed by atoms with van der Waals surface area (Å²) in [5, 5.41) is 4.64. The van der Waals surface area contributed by atoms with E-state index in [2.05, 4.69) is 23.3 Å². The molecule has 0 amide bonds. The smallest absolute Gasteiger partial charge is 0.0907 e. The largest absolute Gasteiger partial charge is 0.397 e. The fourth-order valence-corrected chi connectivity index (χ4v) is 3.67. The van der Waals surface area contributed by atoms with Crippen molar-refractivity contribution in [3.63, 3.8) is 0 Å². The van der Waals surface area contributed by atoms with E-state index in [4.69, 9.17) is 10.5 Å². The van der Waals surface area contributed by atoms with E-state index >= 15 is 0 Å². The highest BCUT2D eigenvalue weighted by Gasteiger charge is 2.21. The van der Waals surface area contributed by atoms with Crippen molar-refractivity contribution in [2.24, 2.45) is 5.92 Å². The predicted octanol–water partition coefficient (Wildman–Crippen LogP) is 3.41. The van der Waals surface area contributed by atoms with E-state index < -0.39 is 0 Å². The number of nitrogens with zero attached hydrogens (tertiary/aromatic N) is 1. The highest BCUT2D eigenvalue weighted by atomic mass is 32.1. The molecular formula is C15H21N3OS. The number of aryl methyl sites for hydroxylation is 1. The molecule has 108 valence electrons. The van der Waals surface area contributed by atoms with Gasteiger partial charge >= 0.3 is 0 Å². The normalized spacial score (nSPS) is 18.3. The van der Waals surface area contributed by atoms with Crippen molar-refractivity contribution in [3.8, 4) is 0 Å². The van der Waals surface area contributed by atoms with Crippen molar-refractivity contribution in [2.75, 3.05) is 24.3 Å². The van der Waals surface area contributed by atoms with E-state index in [0.717, 1.165) is 52.7 Å². The first-order valence-electron chi connectivity index (χ1n) is 7.14. The summed E-state index contributed by atoms with van der Waals surface area (Å²) >= 11 is 1.69. The molecule has 1 unspecified atom stereocenters. The van der Waals surface area contributed by atoms with Crippen LogP contribution in [0.2, 0.25) is 0 Å². The standard InChI is InChI=1S/C15H21N3OS/c1-9(11-3-5-19-6-4-11)17-13-8-14-15(7-12(13)16)20-10(2)18-14/h7-9,11,17H,3-6,16H2,1-2H3. The van der Waals surface area contributed by atoms with Crippen molar-refractivity contribution < 1.29 is 4.74 Å². The highest BCUT2D eigenvalue weighted by molar-refractivity contribution is 7.18. The van der Waals surface area contributed by atoms with E-state index in [0.29, 0.717) is 12.0 Å². The summed E-state index contributed by atoms with van der Waals surface area (Å²) in [4.78, 5) is 4.54. The van der Waals surface area contributed by atoms with Gasteiger partial charge in [0.25, 0.3) is 0 Å². The molecule has 0 aliphatic carbocycles. The molecule has 1 fully saturated rings. The van der Waals surface area contributed by atoms with Gasteiger partial charge in [0.1, 0.15) is 0 Å². The first kappa shape index (κ1) is 13.6. The van der Waals surface area contributed by atoms with Crippen LogP contribution in [-0.4, -0.2) is 24.2 Å². The van der Waals surface area contributed by atoms with Gasteiger partial charge in [-0.05, 0) is 44.7 Å². The van der Waals surface area contributed by atoms with Crippen LogP contribution in [0.3, 0.4) is 0 Å². The van der Waals surface area contributed by atoms with Gasteiger partial charge in [-0.2, -0.15) is 0 Å². The van der Waals surface area contributed by atoms with Crippen LogP contribution >= 0.6 is 11.3 Å². The Hall–Kier alpha value is -1.33. The van der Waals surface area contributed by atoms with E-state index in [9.17, 15) is 0 Å². The van der Waals surface area contributed by atoms with Crippen molar-refractivity contribution in [1.82, 2.24) is 4.98 Å². The minimum atomic E-state index is 0.401. The number of thiazole rings is 1. The molecule has 3 rings (SSSR count). The average Bonchev–Trinajstić information content (AvgIpc) is 2.79. The molecule has 3 N–H and O–H groups in total. The summed E-state index contributed by atoms with van der Waals surface area (Å²) in [7, 11) is 0. The number of nitrogens with one attached hydrogen (secondary N) is 1. The van der Waals surface area contributed by atoms with Crippen molar-refractivity contribution in [3.05, 3.63) is 17.1 Å². The molecule has 0 bridgehead atoms. The monoisotopic (exact) mass is 291 g/mol. The number of aromatic nitrogens is 1. The van der Waals surface area contributed by atoms with Crippen LogP contribution in [0.25, 0.3) is 10.2 Å². The van der Waals surface area contributed by atoms with Crippen molar-refractivity contribution in [1.29, 1.82) is 0 Å². The van der Waals surface area contributed by atoms with Gasteiger partial charge in [0.15, 0.2) is 0 Å². The third kappa shape index (κ3) is 2.74. The Morgan fingerprint density at radius 1 is 1.40 bits per heavy atom. The number of ether oxygens (including phenoxy) is 1. The predicted molar refractivity (Wildman–Crippen MR) is 85.4 cm³/mol. The van der Waals surface area contributed by atoms with Gasteiger partial charge in [0, 0.05) is 19.3 Å². The molecule has 2 aromatic rings. The lowest BCUT2D eigenvalue weighted by atomic mass is 9.92. The number of fused-ring (bicyclic) bond motifs is 1. The van der Waals surface area contributed by atoms with Gasteiger partial charge in [-0.1, -0.05) is 0 Å². The topological polar surface area (TPSA) is 60.2 Å². The molecule has 5 heteroatoms. The summed E-state index contributed by atoms with van der Waals surface area (Å²) in [6.45, 7) is 6.00. The highest BCUT2D eigenvalue weighted by Crippen LogP contribution is 2.31. The lowest BCUT2D eigenvalue weighted by molar-refractivity contribution is 0.0622. The fourth-order valence-electron chi connectivity index (χ4n) is 2.81. The molecule has 2 heterocycles. The molecule has 1 aliphatic rings. The maximum atomic E-state index is 6.17. The zero-order valence-corrected chi connectivity index (χ0v) is 12.8. The van der Waals surface area contributed by atoms with Crippen LogP contribution in [0, 0.1) is 12.8 Å². The van der Waals surface area contributed by atoms with Gasteiger partial charge in [-0.25, -0.2) is 4.98 Å². The minimum absolute atomic E-state index is 0.401. The van der Waals surface area contributed by atoms with Crippen LogP contribution in [0.4, 0.5) is 11.4 Å². The molecular weight excluding hydrogens is 270 g/mol. The molecule has 1 saturated heterocycles. The molecule has 0 saturated carbocycles. The molecule has 1 aromatic carbocycles. The van der Waals surface area contributed by atoms with E-state index in [1.807, 2.05) is 13.0 Å². The van der Waals surface area contributed by atoms with Crippen molar-refractivity contribution in [2.45, 2.75) is 32.7 Å². The summed E-state index contributed by atoms with van der Waals surface area (Å²) in [6.07, 6.45) is 2.23. The van der Waals surface area contributed by atoms with E-state index in [1.165, 1.54) is 0 Å². The molecule has 20 heavy (non-hydrogen) atoms. The first-order valence-corrected chi connectivity index (χ1v) is 7.96. The molecule has 0 spiro atoms. The van der Waals surface area contributed by atoms with E-state index in [1.54, 1.807) is 11.3 Å². The second-order valence-corrected chi connectivity index (χ2v) is 6.76. The lowest BCUT2D eigenvalue weighted by Gasteiger charge is -2.29. The number of hydrogen-bond donors (Lipinski definition) is 2. The number of nitrogen functional groups attached to an aromatic ring is 1.